The molecule has 1 aromatic heterocycles. The smallest absolute Gasteiger partial charge is 0.158 e. The Kier molecular flexibility index (Phi) is 2.11. The number of aryl methyl sites for hydroxylation is 2. The van der Waals surface area contributed by atoms with Gasteiger partial charge in [0.15, 0.2) is 11.5 Å². The Labute approximate surface area is 86.8 Å². The average Bonchev–Trinajstić information content (AvgIpc) is 2.52. The minimum Gasteiger partial charge on any atom is -0.504 e. The van der Waals surface area contributed by atoms with Crippen molar-refractivity contribution in [3.05, 3.63) is 29.7 Å². The van der Waals surface area contributed by atoms with Crippen molar-refractivity contribution in [1.82, 2.24) is 5.16 Å². The molecule has 0 fully saturated rings. The highest BCUT2D eigenvalue weighted by molar-refractivity contribution is 5.70. The molecule has 0 unspecified atom stereocenters. The van der Waals surface area contributed by atoms with Gasteiger partial charge in [0, 0.05) is 5.56 Å². The van der Waals surface area contributed by atoms with Crippen LogP contribution in [0.5, 0.6) is 11.5 Å². The number of aromatic nitrogens is 1. The Morgan fingerprint density at radius 3 is 2.40 bits per heavy atom. The second-order valence-electron chi connectivity index (χ2n) is 3.40. The van der Waals surface area contributed by atoms with Gasteiger partial charge in [-0.3, -0.25) is 0 Å². The SMILES string of the molecule is Cc1noc(C)c1-c1ccc(O)c(O)c1. The van der Waals surface area contributed by atoms with Crippen LogP contribution in [0.2, 0.25) is 0 Å². The van der Waals surface area contributed by atoms with Crippen molar-refractivity contribution in [3.63, 3.8) is 0 Å². The quantitative estimate of drug-likeness (QED) is 0.701. The van der Waals surface area contributed by atoms with Gasteiger partial charge in [0.2, 0.25) is 0 Å². The maximum atomic E-state index is 9.38. The maximum absolute atomic E-state index is 9.38. The first-order valence-electron chi connectivity index (χ1n) is 4.55. The molecule has 1 heterocycles. The van der Waals surface area contributed by atoms with Crippen LogP contribution in [0.4, 0.5) is 0 Å². The van der Waals surface area contributed by atoms with E-state index >= 15 is 0 Å². The second-order valence-corrected chi connectivity index (χ2v) is 3.40. The molecule has 0 radical (unpaired) electrons. The van der Waals surface area contributed by atoms with Crippen LogP contribution in [0.15, 0.2) is 22.7 Å². The minimum atomic E-state index is -0.146. The molecule has 2 aromatic rings. The zero-order valence-electron chi connectivity index (χ0n) is 8.48. The van der Waals surface area contributed by atoms with Gasteiger partial charge < -0.3 is 14.7 Å². The van der Waals surface area contributed by atoms with Gasteiger partial charge in [0.25, 0.3) is 0 Å². The van der Waals surface area contributed by atoms with E-state index in [1.807, 2.05) is 6.92 Å². The van der Waals surface area contributed by atoms with Crippen molar-refractivity contribution in [2.75, 3.05) is 0 Å². The van der Waals surface area contributed by atoms with Gasteiger partial charge in [-0.2, -0.15) is 0 Å². The van der Waals surface area contributed by atoms with E-state index in [9.17, 15) is 10.2 Å². The van der Waals surface area contributed by atoms with Crippen LogP contribution in [-0.4, -0.2) is 15.4 Å². The van der Waals surface area contributed by atoms with E-state index in [2.05, 4.69) is 5.16 Å². The van der Waals surface area contributed by atoms with E-state index in [1.54, 1.807) is 13.0 Å². The summed E-state index contributed by atoms with van der Waals surface area (Å²) in [4.78, 5) is 0. The van der Waals surface area contributed by atoms with Crippen molar-refractivity contribution >= 4 is 0 Å². The minimum absolute atomic E-state index is 0.134. The fourth-order valence-corrected chi connectivity index (χ4v) is 1.57. The summed E-state index contributed by atoms with van der Waals surface area (Å²) >= 11 is 0. The van der Waals surface area contributed by atoms with Gasteiger partial charge in [-0.05, 0) is 31.5 Å². The zero-order valence-corrected chi connectivity index (χ0v) is 8.48. The lowest BCUT2D eigenvalue weighted by Gasteiger charge is -2.02. The summed E-state index contributed by atoms with van der Waals surface area (Å²) in [5, 5.41) is 22.4. The van der Waals surface area contributed by atoms with Crippen LogP contribution in [0.3, 0.4) is 0 Å². The molecule has 0 amide bonds. The molecule has 0 aliphatic heterocycles. The standard InChI is InChI=1S/C11H11NO3/c1-6-11(7(2)15-12-6)8-3-4-9(13)10(14)5-8/h3-5,13-14H,1-2H3. The largest absolute Gasteiger partial charge is 0.504 e. The highest BCUT2D eigenvalue weighted by atomic mass is 16.5. The number of phenolic OH excluding ortho intramolecular Hbond substituents is 2. The first kappa shape index (κ1) is 9.58. The molecule has 0 saturated carbocycles. The summed E-state index contributed by atoms with van der Waals surface area (Å²) < 4.78 is 5.03. The Hall–Kier alpha value is -1.97. The molecule has 0 bridgehead atoms. The number of hydrogen-bond acceptors (Lipinski definition) is 4. The maximum Gasteiger partial charge on any atom is 0.158 e. The Morgan fingerprint density at radius 2 is 1.87 bits per heavy atom. The predicted molar refractivity (Wildman–Crippen MR) is 54.7 cm³/mol. The molecule has 0 atom stereocenters. The molecule has 2 N–H and O–H groups in total. The van der Waals surface area contributed by atoms with Crippen LogP contribution in [0, 0.1) is 13.8 Å². The van der Waals surface area contributed by atoms with Crippen LogP contribution >= 0.6 is 0 Å². The third kappa shape index (κ3) is 1.54. The summed E-state index contributed by atoms with van der Waals surface area (Å²) in [6.07, 6.45) is 0. The highest BCUT2D eigenvalue weighted by Gasteiger charge is 2.12. The number of rotatable bonds is 1. The topological polar surface area (TPSA) is 66.5 Å². The van der Waals surface area contributed by atoms with Crippen LogP contribution < -0.4 is 0 Å². The average molecular weight is 205 g/mol. The van der Waals surface area contributed by atoms with Gasteiger partial charge in [-0.1, -0.05) is 11.2 Å². The molecule has 0 aliphatic carbocycles. The molecule has 0 saturated heterocycles. The van der Waals surface area contributed by atoms with Crippen molar-refractivity contribution < 1.29 is 14.7 Å². The number of nitrogens with zero attached hydrogens (tertiary/aromatic N) is 1. The van der Waals surface area contributed by atoms with E-state index in [4.69, 9.17) is 4.52 Å². The van der Waals surface area contributed by atoms with Crippen molar-refractivity contribution in [2.24, 2.45) is 0 Å². The number of hydrogen-bond donors (Lipinski definition) is 2. The van der Waals surface area contributed by atoms with E-state index in [0.717, 1.165) is 16.8 Å². The Balaban J connectivity index is 2.59. The number of aromatic hydroxyl groups is 2. The molecule has 4 nitrogen and oxygen atoms in total. The molecular formula is C11H11NO3. The number of benzene rings is 1. The van der Waals surface area contributed by atoms with Gasteiger partial charge in [0.05, 0.1) is 5.69 Å². The van der Waals surface area contributed by atoms with Gasteiger partial charge >= 0.3 is 0 Å². The first-order chi connectivity index (χ1) is 7.09. The summed E-state index contributed by atoms with van der Waals surface area (Å²) in [5.41, 5.74) is 2.39. The number of phenols is 2. The summed E-state index contributed by atoms with van der Waals surface area (Å²) in [7, 11) is 0. The van der Waals surface area contributed by atoms with Crippen LogP contribution in [0.25, 0.3) is 11.1 Å². The van der Waals surface area contributed by atoms with Crippen LogP contribution in [0.1, 0.15) is 11.5 Å². The normalized spacial score (nSPS) is 10.5. The van der Waals surface area contributed by atoms with Crippen molar-refractivity contribution in [3.8, 4) is 22.6 Å². The molecular weight excluding hydrogens is 194 g/mol. The van der Waals surface area contributed by atoms with Gasteiger partial charge in [-0.25, -0.2) is 0 Å². The van der Waals surface area contributed by atoms with E-state index in [-0.39, 0.29) is 11.5 Å². The Bertz CT molecular complexity index is 483. The highest BCUT2D eigenvalue weighted by Crippen LogP contribution is 2.33. The summed E-state index contributed by atoms with van der Waals surface area (Å²) in [5.74, 6) is 0.413. The zero-order chi connectivity index (χ0) is 11.0. The molecule has 0 spiro atoms. The molecule has 1 aromatic carbocycles. The summed E-state index contributed by atoms with van der Waals surface area (Å²) in [6, 6.07) is 4.64. The molecule has 78 valence electrons. The molecule has 2 rings (SSSR count). The predicted octanol–water partition coefficient (Wildman–Crippen LogP) is 2.37. The molecule has 0 aliphatic rings. The van der Waals surface area contributed by atoms with Gasteiger partial charge in [0.1, 0.15) is 5.76 Å². The lowest BCUT2D eigenvalue weighted by atomic mass is 10.0. The lowest BCUT2D eigenvalue weighted by Crippen LogP contribution is -1.81. The van der Waals surface area contributed by atoms with E-state index in [0.29, 0.717) is 5.76 Å². The summed E-state index contributed by atoms with van der Waals surface area (Å²) in [6.45, 7) is 3.63. The van der Waals surface area contributed by atoms with E-state index in [1.165, 1.54) is 12.1 Å². The second kappa shape index (κ2) is 3.31. The van der Waals surface area contributed by atoms with Crippen molar-refractivity contribution in [2.45, 2.75) is 13.8 Å². The third-order valence-electron chi connectivity index (χ3n) is 2.30. The fraction of sp³-hybridized carbons (Fsp3) is 0.182. The molecule has 15 heavy (non-hydrogen) atoms. The van der Waals surface area contributed by atoms with Crippen molar-refractivity contribution in [1.29, 1.82) is 0 Å². The van der Waals surface area contributed by atoms with Gasteiger partial charge in [-0.15, -0.1) is 0 Å². The van der Waals surface area contributed by atoms with Crippen LogP contribution in [-0.2, 0) is 0 Å². The first-order valence-corrected chi connectivity index (χ1v) is 4.55. The lowest BCUT2D eigenvalue weighted by molar-refractivity contribution is 0.393. The Morgan fingerprint density at radius 1 is 1.13 bits per heavy atom. The third-order valence-corrected chi connectivity index (χ3v) is 2.30. The fourth-order valence-electron chi connectivity index (χ4n) is 1.57. The van der Waals surface area contributed by atoms with E-state index < -0.39 is 0 Å². The monoisotopic (exact) mass is 205 g/mol. The molecule has 4 heteroatoms.